The van der Waals surface area contributed by atoms with Crippen LogP contribution < -0.4 is 20.5 Å². The number of nitrogens with one attached hydrogen (secondary N) is 1. The Balaban J connectivity index is 2.33. The fourth-order valence-corrected chi connectivity index (χ4v) is 1.99. The molecule has 0 unspecified atom stereocenters. The van der Waals surface area contributed by atoms with E-state index in [1.165, 1.54) is 14.2 Å². The third-order valence-corrected chi connectivity index (χ3v) is 3.15. The molecule has 0 fully saturated rings. The normalized spacial score (nSPS) is 10.0. The van der Waals surface area contributed by atoms with Gasteiger partial charge in [-0.3, -0.25) is 4.79 Å². The molecule has 0 atom stereocenters. The minimum Gasteiger partial charge on any atom is -0.497 e. The van der Waals surface area contributed by atoms with Crippen molar-refractivity contribution in [3.63, 3.8) is 0 Å². The lowest BCUT2D eigenvalue weighted by atomic mass is 10.1. The maximum Gasteiger partial charge on any atom is 0.259 e. The first-order valence-electron chi connectivity index (χ1n) is 6.13. The van der Waals surface area contributed by atoms with Crippen LogP contribution in [-0.4, -0.2) is 20.1 Å². The number of anilines is 2. The van der Waals surface area contributed by atoms with E-state index in [1.807, 2.05) is 0 Å². The summed E-state index contributed by atoms with van der Waals surface area (Å²) in [4.78, 5) is 12.4. The number of amides is 1. The maximum atomic E-state index is 12.4. The lowest BCUT2D eigenvalue weighted by Crippen LogP contribution is -2.14. The van der Waals surface area contributed by atoms with E-state index in [1.54, 1.807) is 36.4 Å². The van der Waals surface area contributed by atoms with Gasteiger partial charge in [-0.1, -0.05) is 11.6 Å². The number of nitrogens with two attached hydrogens (primary N) is 1. The summed E-state index contributed by atoms with van der Waals surface area (Å²) in [7, 11) is 3.02. The first-order chi connectivity index (χ1) is 10.0. The van der Waals surface area contributed by atoms with Gasteiger partial charge >= 0.3 is 0 Å². The highest BCUT2D eigenvalue weighted by molar-refractivity contribution is 6.31. The third kappa shape index (κ3) is 3.38. The second-order valence-corrected chi connectivity index (χ2v) is 4.69. The molecule has 0 spiro atoms. The highest BCUT2D eigenvalue weighted by atomic mass is 35.5. The number of carbonyl (C=O) groups excluding carboxylic acids is 1. The van der Waals surface area contributed by atoms with E-state index in [9.17, 15) is 4.79 Å². The van der Waals surface area contributed by atoms with Crippen molar-refractivity contribution in [2.45, 2.75) is 0 Å². The zero-order valence-electron chi connectivity index (χ0n) is 11.6. The van der Waals surface area contributed by atoms with Gasteiger partial charge in [0.25, 0.3) is 5.91 Å². The Bertz CT molecular complexity index is 674. The molecule has 5 nitrogen and oxygen atoms in total. The molecule has 2 aromatic rings. The molecular weight excluding hydrogens is 292 g/mol. The van der Waals surface area contributed by atoms with E-state index >= 15 is 0 Å². The molecule has 0 radical (unpaired) electrons. The number of nitrogen functional groups attached to an aromatic ring is 1. The van der Waals surface area contributed by atoms with Gasteiger partial charge in [0.15, 0.2) is 0 Å². The number of hydrogen-bond acceptors (Lipinski definition) is 4. The Kier molecular flexibility index (Phi) is 4.55. The molecule has 0 aliphatic heterocycles. The zero-order valence-corrected chi connectivity index (χ0v) is 12.4. The monoisotopic (exact) mass is 306 g/mol. The van der Waals surface area contributed by atoms with Gasteiger partial charge in [-0.25, -0.2) is 0 Å². The Morgan fingerprint density at radius 1 is 1.14 bits per heavy atom. The van der Waals surface area contributed by atoms with E-state index in [0.717, 1.165) is 0 Å². The molecule has 6 heteroatoms. The van der Waals surface area contributed by atoms with E-state index < -0.39 is 0 Å². The van der Waals surface area contributed by atoms with Crippen molar-refractivity contribution in [2.24, 2.45) is 0 Å². The van der Waals surface area contributed by atoms with Crippen molar-refractivity contribution in [1.82, 2.24) is 0 Å². The number of halogens is 1. The van der Waals surface area contributed by atoms with Crippen LogP contribution >= 0.6 is 11.6 Å². The first-order valence-corrected chi connectivity index (χ1v) is 6.51. The van der Waals surface area contributed by atoms with Gasteiger partial charge < -0.3 is 20.5 Å². The number of ether oxygens (including phenoxy) is 2. The van der Waals surface area contributed by atoms with Gasteiger partial charge in [-0.2, -0.15) is 0 Å². The van der Waals surface area contributed by atoms with Crippen LogP contribution in [0.2, 0.25) is 5.02 Å². The van der Waals surface area contributed by atoms with Crippen molar-refractivity contribution >= 4 is 28.9 Å². The first kappa shape index (κ1) is 15.0. The second-order valence-electron chi connectivity index (χ2n) is 4.25. The smallest absolute Gasteiger partial charge is 0.259 e. The minimum absolute atomic E-state index is 0.344. The van der Waals surface area contributed by atoms with Crippen molar-refractivity contribution < 1.29 is 14.3 Å². The molecule has 0 aliphatic rings. The number of hydrogen-bond donors (Lipinski definition) is 2. The van der Waals surface area contributed by atoms with Crippen molar-refractivity contribution in [3.8, 4) is 11.5 Å². The molecule has 2 aromatic carbocycles. The molecule has 0 aliphatic carbocycles. The molecule has 1 amide bonds. The summed E-state index contributed by atoms with van der Waals surface area (Å²) in [5, 5.41) is 3.19. The highest BCUT2D eigenvalue weighted by Crippen LogP contribution is 2.27. The summed E-state index contributed by atoms with van der Waals surface area (Å²) in [6.07, 6.45) is 0. The quantitative estimate of drug-likeness (QED) is 0.851. The zero-order chi connectivity index (χ0) is 15.4. The summed E-state index contributed by atoms with van der Waals surface area (Å²) in [5.74, 6) is 0.633. The van der Waals surface area contributed by atoms with Gasteiger partial charge in [0, 0.05) is 5.02 Å². The molecular formula is C15H15ClN2O3. The molecule has 3 N–H and O–H groups in total. The van der Waals surface area contributed by atoms with Crippen molar-refractivity contribution in [2.75, 3.05) is 25.3 Å². The average Bonchev–Trinajstić information content (AvgIpc) is 2.50. The third-order valence-electron chi connectivity index (χ3n) is 2.91. The largest absolute Gasteiger partial charge is 0.497 e. The van der Waals surface area contributed by atoms with Crippen molar-refractivity contribution in [1.29, 1.82) is 0 Å². The fraction of sp³-hybridized carbons (Fsp3) is 0.133. The molecule has 0 bridgehead atoms. The van der Waals surface area contributed by atoms with E-state index in [0.29, 0.717) is 33.5 Å². The number of benzene rings is 2. The van der Waals surface area contributed by atoms with Gasteiger partial charge in [0.1, 0.15) is 11.5 Å². The van der Waals surface area contributed by atoms with E-state index in [2.05, 4.69) is 5.32 Å². The number of methoxy groups -OCH3 is 2. The molecule has 0 saturated carbocycles. The predicted molar refractivity (Wildman–Crippen MR) is 83.4 cm³/mol. The van der Waals surface area contributed by atoms with Crippen LogP contribution in [0, 0.1) is 0 Å². The molecule has 110 valence electrons. The van der Waals surface area contributed by atoms with Gasteiger partial charge in [0.05, 0.1) is 31.2 Å². The highest BCUT2D eigenvalue weighted by Gasteiger charge is 2.15. The summed E-state index contributed by atoms with van der Waals surface area (Å²) < 4.78 is 10.3. The summed E-state index contributed by atoms with van der Waals surface area (Å²) >= 11 is 5.90. The van der Waals surface area contributed by atoms with E-state index in [-0.39, 0.29) is 5.91 Å². The Hall–Kier alpha value is -2.40. The van der Waals surface area contributed by atoms with Crippen molar-refractivity contribution in [3.05, 3.63) is 47.0 Å². The molecule has 0 heterocycles. The Morgan fingerprint density at radius 3 is 2.57 bits per heavy atom. The van der Waals surface area contributed by atoms with Gasteiger partial charge in [-0.15, -0.1) is 0 Å². The molecule has 2 rings (SSSR count). The Morgan fingerprint density at radius 2 is 1.90 bits per heavy atom. The summed E-state index contributed by atoms with van der Waals surface area (Å²) in [6.45, 7) is 0. The number of rotatable bonds is 4. The lowest BCUT2D eigenvalue weighted by Gasteiger charge is -2.12. The average molecular weight is 307 g/mol. The molecule has 0 saturated heterocycles. The fourth-order valence-electron chi connectivity index (χ4n) is 1.82. The second kappa shape index (κ2) is 6.37. The van der Waals surface area contributed by atoms with Crippen LogP contribution in [-0.2, 0) is 0 Å². The van der Waals surface area contributed by atoms with Gasteiger partial charge in [0.2, 0.25) is 0 Å². The molecule has 21 heavy (non-hydrogen) atoms. The van der Waals surface area contributed by atoms with Crippen LogP contribution in [0.25, 0.3) is 0 Å². The van der Waals surface area contributed by atoms with E-state index in [4.69, 9.17) is 26.8 Å². The van der Waals surface area contributed by atoms with Crippen LogP contribution in [0.15, 0.2) is 36.4 Å². The summed E-state index contributed by atoms with van der Waals surface area (Å²) in [6, 6.07) is 9.83. The van der Waals surface area contributed by atoms with Crippen LogP contribution in [0.4, 0.5) is 11.4 Å². The number of carbonyl (C=O) groups is 1. The predicted octanol–water partition coefficient (Wildman–Crippen LogP) is 3.19. The Labute approximate surface area is 127 Å². The molecule has 0 aromatic heterocycles. The van der Waals surface area contributed by atoms with Crippen LogP contribution in [0.1, 0.15) is 10.4 Å². The van der Waals surface area contributed by atoms with Gasteiger partial charge in [-0.05, 0) is 36.4 Å². The van der Waals surface area contributed by atoms with Crippen LogP contribution in [0.3, 0.4) is 0 Å². The topological polar surface area (TPSA) is 73.6 Å². The maximum absolute atomic E-state index is 12.4. The lowest BCUT2D eigenvalue weighted by molar-refractivity contribution is 0.102. The van der Waals surface area contributed by atoms with Crippen LogP contribution in [0.5, 0.6) is 11.5 Å². The standard InChI is InChI=1S/C15H15ClN2O3/c1-20-10-4-6-14(21-2)11(8-10)15(19)18-13-7-9(16)3-5-12(13)17/h3-8H,17H2,1-2H3,(H,18,19). The SMILES string of the molecule is COc1ccc(OC)c(C(=O)Nc2cc(Cl)ccc2N)c1. The summed E-state index contributed by atoms with van der Waals surface area (Å²) in [5.41, 5.74) is 7.02. The minimum atomic E-state index is -0.361.